The number of unbranched alkanes of at least 4 members (excludes halogenated alkanes) is 4. The first kappa shape index (κ1) is 52.8. The Kier molecular flexibility index (Phi) is 15.0. The van der Waals surface area contributed by atoms with Crippen molar-refractivity contribution < 1.29 is 33.5 Å². The number of aliphatic hydroxyl groups is 1. The first-order valence-corrected chi connectivity index (χ1v) is 29.0. The van der Waals surface area contributed by atoms with Crippen LogP contribution in [-0.4, -0.2) is 56.6 Å². The van der Waals surface area contributed by atoms with Crippen molar-refractivity contribution in [3.63, 3.8) is 0 Å². The molecule has 7 nitrogen and oxygen atoms in total. The van der Waals surface area contributed by atoms with Gasteiger partial charge in [0.25, 0.3) is 0 Å². The molecular formula is C72H74O7. The number of hydrogen-bond donors (Lipinski definition) is 1. The van der Waals surface area contributed by atoms with Gasteiger partial charge in [-0.2, -0.15) is 0 Å². The number of hydrogen-bond acceptors (Lipinski definition) is 7. The summed E-state index contributed by atoms with van der Waals surface area (Å²) in [4.78, 5) is 0. The minimum absolute atomic E-state index is 0.0100. The molecule has 8 aromatic rings. The Morgan fingerprint density at radius 2 is 0.810 bits per heavy atom. The Morgan fingerprint density at radius 1 is 0.456 bits per heavy atom. The molecule has 0 aromatic heterocycles. The number of rotatable bonds is 25. The lowest BCUT2D eigenvalue weighted by Crippen LogP contribution is -2.33. The molecule has 4 aliphatic rings. The first-order valence-electron chi connectivity index (χ1n) is 29.0. The van der Waals surface area contributed by atoms with E-state index < -0.39 is 28.3 Å². The molecule has 7 heteroatoms. The summed E-state index contributed by atoms with van der Waals surface area (Å²) in [6.45, 7) is 11.6. The zero-order valence-corrected chi connectivity index (χ0v) is 46.3. The van der Waals surface area contributed by atoms with Crippen molar-refractivity contribution >= 4 is 0 Å². The van der Waals surface area contributed by atoms with Crippen molar-refractivity contribution in [1.29, 1.82) is 0 Å². The van der Waals surface area contributed by atoms with Crippen molar-refractivity contribution in [2.75, 3.05) is 33.0 Å². The SMILES string of the molecule is CCCCCC(C)(OCC(O)Oc1ccc(C2(c3ccc(C(C)(CCCCC)OCC4CO4)cc3)c3ccccc3-c3ccccc32)cc1)c1ccc(C2(c3ccc(OCC4CO4)cc3)c3ccccc3-c3ccccc32)cc1. The quantitative estimate of drug-likeness (QED) is 0.0347. The molecule has 404 valence electrons. The number of aliphatic hydroxyl groups excluding tert-OH is 1. The van der Waals surface area contributed by atoms with Crippen LogP contribution in [-0.2, 0) is 41.0 Å². The van der Waals surface area contributed by atoms with E-state index >= 15 is 0 Å². The van der Waals surface area contributed by atoms with Gasteiger partial charge in [-0.3, -0.25) is 0 Å². The van der Waals surface area contributed by atoms with Gasteiger partial charge in [-0.05, 0) is 129 Å². The summed E-state index contributed by atoms with van der Waals surface area (Å²) < 4.78 is 37.0. The van der Waals surface area contributed by atoms with E-state index in [0.717, 1.165) is 75.0 Å². The summed E-state index contributed by atoms with van der Waals surface area (Å²) in [5.41, 5.74) is 14.5. The fraction of sp³-hybridized carbons (Fsp3) is 0.333. The van der Waals surface area contributed by atoms with E-state index in [9.17, 15) is 5.11 Å². The molecule has 2 aliphatic heterocycles. The van der Waals surface area contributed by atoms with E-state index in [2.05, 4.69) is 210 Å². The molecule has 2 saturated heterocycles. The molecular weight excluding hydrogens is 977 g/mol. The lowest BCUT2D eigenvalue weighted by molar-refractivity contribution is -0.134. The molecule has 5 unspecified atom stereocenters. The third-order valence-electron chi connectivity index (χ3n) is 17.5. The Bertz CT molecular complexity index is 3270. The van der Waals surface area contributed by atoms with Gasteiger partial charge >= 0.3 is 0 Å². The third kappa shape index (κ3) is 10.0. The summed E-state index contributed by atoms with van der Waals surface area (Å²) in [6.07, 6.45) is 7.49. The standard InChI is InChI=1S/C72H74O7/c1-5-7-17-43-69(3,77-48-59-47-76-59)50-27-31-53(32-28-50)72(66-25-15-11-21-62(66)63-22-12-16-26-67(63)72)55-37-41-57(42-38-55)79-68(73)49-78-70(4,44-18-8-6-2)51-29-33-52(34-30-51)71(54-35-39-56(40-36-54)74-45-58-46-75-58)64-23-13-9-19-60(64)61-20-10-14-24-65(61)71/h9-16,19-42,58-59,68,73H,5-8,17-18,43-49H2,1-4H3. The second-order valence-electron chi connectivity index (χ2n) is 22.7. The van der Waals surface area contributed by atoms with Gasteiger partial charge in [0.2, 0.25) is 6.29 Å². The Morgan fingerprint density at radius 3 is 1.20 bits per heavy atom. The topological polar surface area (TPSA) is 82.2 Å². The maximum Gasteiger partial charge on any atom is 0.221 e. The lowest BCUT2D eigenvalue weighted by atomic mass is 9.67. The molecule has 79 heavy (non-hydrogen) atoms. The average molecular weight is 1050 g/mol. The van der Waals surface area contributed by atoms with Crippen molar-refractivity contribution in [2.24, 2.45) is 0 Å². The van der Waals surface area contributed by atoms with Gasteiger partial charge in [-0.1, -0.05) is 222 Å². The van der Waals surface area contributed by atoms with E-state index in [4.69, 9.17) is 28.4 Å². The molecule has 8 aromatic carbocycles. The smallest absolute Gasteiger partial charge is 0.221 e. The zero-order chi connectivity index (χ0) is 54.0. The molecule has 0 saturated carbocycles. The predicted octanol–water partition coefficient (Wildman–Crippen LogP) is 15.6. The van der Waals surface area contributed by atoms with Gasteiger partial charge < -0.3 is 33.5 Å². The van der Waals surface area contributed by atoms with E-state index in [-0.39, 0.29) is 18.8 Å². The normalized spacial score (nSPS) is 18.7. The third-order valence-corrected chi connectivity index (χ3v) is 17.5. The van der Waals surface area contributed by atoms with Crippen LogP contribution in [0.4, 0.5) is 0 Å². The van der Waals surface area contributed by atoms with Crippen LogP contribution < -0.4 is 9.47 Å². The van der Waals surface area contributed by atoms with E-state index in [1.165, 1.54) is 73.2 Å². The fourth-order valence-electron chi connectivity index (χ4n) is 13.0. The molecule has 12 rings (SSSR count). The van der Waals surface area contributed by atoms with Crippen LogP contribution in [0.1, 0.15) is 135 Å². The molecule has 0 spiro atoms. The molecule has 0 radical (unpaired) electrons. The van der Waals surface area contributed by atoms with Crippen LogP contribution in [0.5, 0.6) is 11.5 Å². The predicted molar refractivity (Wildman–Crippen MR) is 314 cm³/mol. The highest BCUT2D eigenvalue weighted by atomic mass is 16.6. The Labute approximate surface area is 467 Å². The van der Waals surface area contributed by atoms with Crippen molar-refractivity contribution in [2.45, 2.75) is 120 Å². The summed E-state index contributed by atoms with van der Waals surface area (Å²) in [7, 11) is 0. The van der Waals surface area contributed by atoms with Gasteiger partial charge in [0, 0.05) is 0 Å². The van der Waals surface area contributed by atoms with E-state index in [1.807, 2.05) is 12.1 Å². The second-order valence-corrected chi connectivity index (χ2v) is 22.7. The minimum Gasteiger partial charge on any atom is -0.491 e. The average Bonchev–Trinajstić information content (AvgIpc) is 4.31. The number of ether oxygens (including phenoxy) is 6. The maximum absolute atomic E-state index is 11.7. The van der Waals surface area contributed by atoms with Crippen molar-refractivity contribution in [3.05, 3.63) is 250 Å². The number of benzene rings is 8. The van der Waals surface area contributed by atoms with E-state index in [1.54, 1.807) is 0 Å². The molecule has 2 fully saturated rings. The minimum atomic E-state index is -1.20. The van der Waals surface area contributed by atoms with Crippen LogP contribution in [0.25, 0.3) is 22.3 Å². The number of epoxide rings is 2. The summed E-state index contributed by atoms with van der Waals surface area (Å²) >= 11 is 0. The van der Waals surface area contributed by atoms with Gasteiger partial charge in [0.1, 0.15) is 36.9 Å². The van der Waals surface area contributed by atoms with E-state index in [0.29, 0.717) is 19.0 Å². The summed E-state index contributed by atoms with van der Waals surface area (Å²) in [6, 6.07) is 70.4. The molecule has 2 heterocycles. The summed E-state index contributed by atoms with van der Waals surface area (Å²) in [5, 5.41) is 11.7. The van der Waals surface area contributed by atoms with Gasteiger partial charge in [0.15, 0.2) is 0 Å². The molecule has 2 aliphatic carbocycles. The van der Waals surface area contributed by atoms with Crippen molar-refractivity contribution in [1.82, 2.24) is 0 Å². The lowest BCUT2D eigenvalue weighted by Gasteiger charge is -2.36. The molecule has 1 N–H and O–H groups in total. The van der Waals surface area contributed by atoms with Crippen molar-refractivity contribution in [3.8, 4) is 33.8 Å². The van der Waals surface area contributed by atoms with Gasteiger partial charge in [-0.15, -0.1) is 0 Å². The maximum atomic E-state index is 11.7. The monoisotopic (exact) mass is 1050 g/mol. The number of fused-ring (bicyclic) bond motifs is 6. The summed E-state index contributed by atoms with van der Waals surface area (Å²) in [5.74, 6) is 1.41. The fourth-order valence-corrected chi connectivity index (χ4v) is 13.0. The van der Waals surface area contributed by atoms with Crippen LogP contribution >= 0.6 is 0 Å². The molecule has 0 bridgehead atoms. The van der Waals surface area contributed by atoms with Gasteiger partial charge in [-0.25, -0.2) is 0 Å². The van der Waals surface area contributed by atoms with Crippen LogP contribution in [0.2, 0.25) is 0 Å². The highest BCUT2D eigenvalue weighted by Crippen LogP contribution is 2.58. The zero-order valence-electron chi connectivity index (χ0n) is 46.3. The second kappa shape index (κ2) is 22.4. The Balaban J connectivity index is 0.814. The van der Waals surface area contributed by atoms with Crippen LogP contribution in [0, 0.1) is 0 Å². The highest BCUT2D eigenvalue weighted by molar-refractivity contribution is 5.87. The van der Waals surface area contributed by atoms with Crippen LogP contribution in [0.15, 0.2) is 194 Å². The largest absolute Gasteiger partial charge is 0.491 e. The molecule has 0 amide bonds. The molecule has 5 atom stereocenters. The Hall–Kier alpha value is -6.84. The van der Waals surface area contributed by atoms with Gasteiger partial charge in [0.05, 0.1) is 41.9 Å². The highest BCUT2D eigenvalue weighted by Gasteiger charge is 2.48. The first-order chi connectivity index (χ1) is 38.7. The van der Waals surface area contributed by atoms with Crippen LogP contribution in [0.3, 0.4) is 0 Å².